The third kappa shape index (κ3) is 9.94. The van der Waals surface area contributed by atoms with Gasteiger partial charge < -0.3 is 20.1 Å². The van der Waals surface area contributed by atoms with E-state index < -0.39 is 20.0 Å². The molecule has 3 aromatic rings. The van der Waals surface area contributed by atoms with E-state index in [9.17, 15) is 26.4 Å². The van der Waals surface area contributed by atoms with Crippen molar-refractivity contribution >= 4 is 43.2 Å². The number of sulfonamides is 2. The van der Waals surface area contributed by atoms with Gasteiger partial charge in [0, 0.05) is 43.6 Å². The molecule has 0 unspecified atom stereocenters. The van der Waals surface area contributed by atoms with E-state index in [-0.39, 0.29) is 66.9 Å². The van der Waals surface area contributed by atoms with Gasteiger partial charge >= 0.3 is 0 Å². The van der Waals surface area contributed by atoms with Crippen molar-refractivity contribution in [3.8, 4) is 0 Å². The summed E-state index contributed by atoms with van der Waals surface area (Å²) in [7, 11) is -7.34. The van der Waals surface area contributed by atoms with Gasteiger partial charge in [0.2, 0.25) is 31.9 Å². The lowest BCUT2D eigenvalue weighted by molar-refractivity contribution is -0.120. The highest BCUT2D eigenvalue weighted by atomic mass is 32.2. The molecule has 3 aromatic carbocycles. The SMILES string of the molecule is C[C@@H](CCc1ccccc1)N(CC(=O)Nc1ccc(S(=O)(=O)N2CCOCC2)cc1)CC(=O)Nc1ccc(S(=O)(=O)N2CCOCC2)cc1. The zero-order chi connectivity index (χ0) is 34.9. The van der Waals surface area contributed by atoms with Crippen LogP contribution in [0.4, 0.5) is 11.4 Å². The van der Waals surface area contributed by atoms with Crippen molar-refractivity contribution < 1.29 is 35.9 Å². The molecule has 2 N–H and O–H groups in total. The van der Waals surface area contributed by atoms with E-state index in [1.807, 2.05) is 37.3 Å². The van der Waals surface area contributed by atoms with Gasteiger partial charge in [0.15, 0.2) is 0 Å². The minimum absolute atomic E-state index is 0.0894. The first kappa shape index (κ1) is 36.6. The number of ether oxygens (including phenoxy) is 2. The van der Waals surface area contributed by atoms with Crippen LogP contribution in [0.25, 0.3) is 0 Å². The van der Waals surface area contributed by atoms with Crippen molar-refractivity contribution in [1.82, 2.24) is 13.5 Å². The van der Waals surface area contributed by atoms with Gasteiger partial charge in [0.25, 0.3) is 0 Å². The maximum Gasteiger partial charge on any atom is 0.243 e. The van der Waals surface area contributed by atoms with Crippen molar-refractivity contribution in [2.45, 2.75) is 35.6 Å². The molecule has 0 bridgehead atoms. The number of hydrogen-bond donors (Lipinski definition) is 2. The molecule has 13 nitrogen and oxygen atoms in total. The molecule has 264 valence electrons. The average Bonchev–Trinajstić information content (AvgIpc) is 3.12. The van der Waals surface area contributed by atoms with Crippen LogP contribution >= 0.6 is 0 Å². The highest BCUT2D eigenvalue weighted by molar-refractivity contribution is 7.89. The molecule has 0 radical (unpaired) electrons. The van der Waals surface area contributed by atoms with E-state index in [2.05, 4.69) is 10.6 Å². The molecule has 2 amide bonds. The Morgan fingerprint density at radius 2 is 1.08 bits per heavy atom. The van der Waals surface area contributed by atoms with Crippen LogP contribution < -0.4 is 10.6 Å². The minimum atomic E-state index is -3.67. The summed E-state index contributed by atoms with van der Waals surface area (Å²) < 4.78 is 65.2. The zero-order valence-electron chi connectivity index (χ0n) is 27.5. The Hall–Kier alpha value is -3.70. The number of morpholine rings is 2. The van der Waals surface area contributed by atoms with Crippen LogP contribution in [0.15, 0.2) is 88.7 Å². The number of anilines is 2. The largest absolute Gasteiger partial charge is 0.379 e. The second-order valence-electron chi connectivity index (χ2n) is 12.0. The molecular weight excluding hydrogens is 671 g/mol. The number of aryl methyl sites for hydroxylation is 1. The van der Waals surface area contributed by atoms with Gasteiger partial charge in [-0.25, -0.2) is 16.8 Å². The van der Waals surface area contributed by atoms with Gasteiger partial charge in [-0.15, -0.1) is 0 Å². The standard InChI is InChI=1S/C34H43N5O8S2/c1-27(7-8-28-5-3-2-4-6-28)37(25-33(40)35-29-9-13-31(14-10-29)48(42,43)38-17-21-46-22-18-38)26-34(41)36-30-11-15-32(16-12-30)49(44,45)39-19-23-47-24-20-39/h2-6,9-16,27H,7-8,17-26H2,1H3,(H,35,40)(H,36,41)/t27-/m0/s1. The molecule has 2 saturated heterocycles. The number of carbonyl (C=O) groups is 2. The number of nitrogens with zero attached hydrogens (tertiary/aromatic N) is 3. The van der Waals surface area contributed by atoms with E-state index in [4.69, 9.17) is 9.47 Å². The van der Waals surface area contributed by atoms with E-state index >= 15 is 0 Å². The Morgan fingerprint density at radius 1 is 0.673 bits per heavy atom. The Balaban J connectivity index is 1.22. The predicted molar refractivity (Wildman–Crippen MR) is 185 cm³/mol. The first-order valence-corrected chi connectivity index (χ1v) is 19.1. The maximum atomic E-state index is 13.2. The topological polar surface area (TPSA) is 155 Å². The second kappa shape index (κ2) is 16.8. The molecule has 1 atom stereocenters. The van der Waals surface area contributed by atoms with Crippen LogP contribution in [-0.4, -0.2) is 114 Å². The van der Waals surface area contributed by atoms with Gasteiger partial charge in [-0.2, -0.15) is 8.61 Å². The number of carbonyl (C=O) groups excluding carboxylic acids is 2. The first-order valence-electron chi connectivity index (χ1n) is 16.3. The van der Waals surface area contributed by atoms with Gasteiger partial charge in [0.05, 0.1) is 49.3 Å². The number of hydrogen-bond acceptors (Lipinski definition) is 9. The summed E-state index contributed by atoms with van der Waals surface area (Å²) in [6, 6.07) is 21.8. The van der Waals surface area contributed by atoms with Crippen LogP contribution in [-0.2, 0) is 45.5 Å². The summed E-state index contributed by atoms with van der Waals surface area (Å²) in [6.07, 6.45) is 1.44. The van der Waals surface area contributed by atoms with Crippen molar-refractivity contribution in [2.24, 2.45) is 0 Å². The quantitative estimate of drug-likeness (QED) is 0.257. The summed E-state index contributed by atoms with van der Waals surface area (Å²) in [5.41, 5.74) is 2.00. The van der Waals surface area contributed by atoms with Crippen molar-refractivity contribution in [3.63, 3.8) is 0 Å². The fraction of sp³-hybridized carbons (Fsp3) is 0.412. The summed E-state index contributed by atoms with van der Waals surface area (Å²) in [5, 5.41) is 5.64. The minimum Gasteiger partial charge on any atom is -0.379 e. The normalized spacial score (nSPS) is 17.0. The fourth-order valence-electron chi connectivity index (χ4n) is 5.63. The van der Waals surface area contributed by atoms with E-state index in [1.54, 1.807) is 29.2 Å². The lowest BCUT2D eigenvalue weighted by atomic mass is 10.1. The highest BCUT2D eigenvalue weighted by Crippen LogP contribution is 2.21. The molecule has 2 aliphatic heterocycles. The molecule has 0 spiro atoms. The molecule has 0 saturated carbocycles. The summed E-state index contributed by atoms with van der Waals surface area (Å²) in [4.78, 5) is 28.5. The Morgan fingerprint density at radius 3 is 1.49 bits per heavy atom. The van der Waals surface area contributed by atoms with Crippen molar-refractivity contribution in [2.75, 3.05) is 76.3 Å². The van der Waals surface area contributed by atoms with Crippen molar-refractivity contribution in [3.05, 3.63) is 84.4 Å². The molecule has 2 fully saturated rings. The summed E-state index contributed by atoms with van der Waals surface area (Å²) in [5.74, 6) is -0.721. The third-order valence-corrected chi connectivity index (χ3v) is 12.3. The lowest BCUT2D eigenvalue weighted by Gasteiger charge is -2.28. The maximum absolute atomic E-state index is 13.2. The number of rotatable bonds is 14. The van der Waals surface area contributed by atoms with E-state index in [1.165, 1.54) is 32.9 Å². The van der Waals surface area contributed by atoms with Crippen LogP contribution in [0, 0.1) is 0 Å². The van der Waals surface area contributed by atoms with Crippen LogP contribution in [0.3, 0.4) is 0 Å². The first-order chi connectivity index (χ1) is 23.5. The van der Waals surface area contributed by atoms with Crippen molar-refractivity contribution in [1.29, 1.82) is 0 Å². The van der Waals surface area contributed by atoms with Crippen LogP contribution in [0.2, 0.25) is 0 Å². The Bertz CT molecular complexity index is 1650. The van der Waals surface area contributed by atoms with E-state index in [0.29, 0.717) is 44.2 Å². The smallest absolute Gasteiger partial charge is 0.243 e. The fourth-order valence-corrected chi connectivity index (χ4v) is 8.45. The van der Waals surface area contributed by atoms with Crippen LogP contribution in [0.5, 0.6) is 0 Å². The summed E-state index contributed by atoms with van der Waals surface area (Å²) >= 11 is 0. The number of amides is 2. The Kier molecular flexibility index (Phi) is 12.5. The molecule has 2 aliphatic rings. The van der Waals surface area contributed by atoms with Gasteiger partial charge in [0.1, 0.15) is 0 Å². The van der Waals surface area contributed by atoms with Crippen LogP contribution in [0.1, 0.15) is 18.9 Å². The second-order valence-corrected chi connectivity index (χ2v) is 15.8. The number of benzene rings is 3. The van der Waals surface area contributed by atoms with Gasteiger partial charge in [-0.1, -0.05) is 30.3 Å². The molecule has 49 heavy (non-hydrogen) atoms. The van der Waals surface area contributed by atoms with E-state index in [0.717, 1.165) is 12.0 Å². The average molecular weight is 714 g/mol. The molecule has 2 heterocycles. The lowest BCUT2D eigenvalue weighted by Crippen LogP contribution is -2.44. The predicted octanol–water partition coefficient (Wildman–Crippen LogP) is 2.63. The summed E-state index contributed by atoms with van der Waals surface area (Å²) in [6.45, 7) is 4.31. The molecule has 0 aromatic heterocycles. The molecule has 0 aliphatic carbocycles. The molecule has 15 heteroatoms. The monoisotopic (exact) mass is 713 g/mol. The Labute approximate surface area is 288 Å². The van der Waals surface area contributed by atoms with Gasteiger partial charge in [-0.3, -0.25) is 14.5 Å². The highest BCUT2D eigenvalue weighted by Gasteiger charge is 2.28. The third-order valence-electron chi connectivity index (χ3n) is 8.50. The van der Waals surface area contributed by atoms with Gasteiger partial charge in [-0.05, 0) is 73.9 Å². The number of nitrogens with one attached hydrogen (secondary N) is 2. The zero-order valence-corrected chi connectivity index (χ0v) is 29.1. The molecular formula is C34H43N5O8S2. The molecule has 5 rings (SSSR count).